The summed E-state index contributed by atoms with van der Waals surface area (Å²) in [7, 11) is 0. The molecule has 1 aliphatic heterocycles. The molecule has 1 saturated heterocycles. The summed E-state index contributed by atoms with van der Waals surface area (Å²) in [6.07, 6.45) is -1.28. The molecule has 3 aromatic rings. The summed E-state index contributed by atoms with van der Waals surface area (Å²) >= 11 is 0. The molecular weight excluding hydrogens is 383 g/mol. The first kappa shape index (κ1) is 19.4. The van der Waals surface area contributed by atoms with Gasteiger partial charge in [-0.05, 0) is 37.5 Å². The zero-order valence-electron chi connectivity index (χ0n) is 15.9. The Morgan fingerprint density at radius 1 is 1.34 bits per heavy atom. The van der Waals surface area contributed by atoms with Crippen LogP contribution >= 0.6 is 0 Å². The van der Waals surface area contributed by atoms with Gasteiger partial charge in [-0.3, -0.25) is 4.79 Å². The Bertz CT molecular complexity index is 1050. The van der Waals surface area contributed by atoms with Gasteiger partial charge in [-0.25, -0.2) is 18.2 Å². The van der Waals surface area contributed by atoms with Crippen molar-refractivity contribution in [1.82, 2.24) is 15.0 Å². The van der Waals surface area contributed by atoms with Crippen molar-refractivity contribution >= 4 is 17.0 Å². The molecule has 3 heterocycles. The van der Waals surface area contributed by atoms with Crippen molar-refractivity contribution in [2.24, 2.45) is 0 Å². The molecule has 1 atom stereocenters. The second kappa shape index (κ2) is 7.85. The topological polar surface area (TPSA) is 59.2 Å². The molecule has 152 valence electrons. The van der Waals surface area contributed by atoms with E-state index in [9.17, 15) is 18.0 Å². The Morgan fingerprint density at radius 3 is 2.90 bits per heavy atom. The van der Waals surface area contributed by atoms with E-state index in [4.69, 9.17) is 4.52 Å². The van der Waals surface area contributed by atoms with Gasteiger partial charge in [-0.15, -0.1) is 0 Å². The average Bonchev–Trinajstić information content (AvgIpc) is 3.10. The maximum Gasteiger partial charge on any atom is 0.264 e. The highest BCUT2D eigenvalue weighted by atomic mass is 19.3. The number of rotatable bonds is 4. The number of amides is 1. The van der Waals surface area contributed by atoms with Crippen molar-refractivity contribution in [3.63, 3.8) is 0 Å². The van der Waals surface area contributed by atoms with Crippen molar-refractivity contribution in [3.8, 4) is 0 Å². The van der Waals surface area contributed by atoms with Gasteiger partial charge in [0.2, 0.25) is 5.91 Å². The zero-order chi connectivity index (χ0) is 20.5. The maximum atomic E-state index is 13.9. The average molecular weight is 403 g/mol. The Balaban J connectivity index is 1.57. The van der Waals surface area contributed by atoms with Crippen molar-refractivity contribution in [1.29, 1.82) is 0 Å². The van der Waals surface area contributed by atoms with Crippen LogP contribution in [0.15, 0.2) is 34.9 Å². The molecule has 0 N–H and O–H groups in total. The molecule has 0 aliphatic carbocycles. The smallest absolute Gasteiger partial charge is 0.264 e. The monoisotopic (exact) mass is 403 g/mol. The lowest BCUT2D eigenvalue weighted by Gasteiger charge is -2.32. The van der Waals surface area contributed by atoms with Gasteiger partial charge in [0, 0.05) is 30.3 Å². The molecular formula is C21H20F3N3O2. The molecule has 1 fully saturated rings. The standard InChI is InChI=1S/C21H20F3N3O2/c1-12-19-15(20(23)24)10-17(25-21(19)29-26-12)14-6-4-8-27(11-14)18(28)9-13-5-2-3-7-16(13)22/h2-3,5,7,10,14,20H,4,6,8-9,11H2,1H3/t14-/m0/s1. The Labute approximate surface area is 165 Å². The Kier molecular flexibility index (Phi) is 5.25. The minimum Gasteiger partial charge on any atom is -0.342 e. The number of nitrogens with zero attached hydrogens (tertiary/aromatic N) is 3. The zero-order valence-corrected chi connectivity index (χ0v) is 15.9. The van der Waals surface area contributed by atoms with Gasteiger partial charge in [0.25, 0.3) is 12.1 Å². The number of carbonyl (C=O) groups is 1. The lowest BCUT2D eigenvalue weighted by molar-refractivity contribution is -0.131. The van der Waals surface area contributed by atoms with E-state index in [2.05, 4.69) is 10.1 Å². The van der Waals surface area contributed by atoms with Crippen LogP contribution in [0.25, 0.3) is 11.1 Å². The number of hydrogen-bond acceptors (Lipinski definition) is 4. The third-order valence-electron chi connectivity index (χ3n) is 5.39. The molecule has 1 aromatic carbocycles. The van der Waals surface area contributed by atoms with Crippen molar-refractivity contribution in [2.45, 2.75) is 38.5 Å². The van der Waals surface area contributed by atoms with E-state index in [1.165, 1.54) is 12.1 Å². The molecule has 29 heavy (non-hydrogen) atoms. The molecule has 0 unspecified atom stereocenters. The van der Waals surface area contributed by atoms with Crippen LogP contribution in [-0.4, -0.2) is 34.0 Å². The van der Waals surface area contributed by atoms with E-state index in [1.54, 1.807) is 30.0 Å². The highest BCUT2D eigenvalue weighted by Gasteiger charge is 2.28. The predicted molar refractivity (Wildman–Crippen MR) is 100 cm³/mol. The highest BCUT2D eigenvalue weighted by Crippen LogP contribution is 2.34. The highest BCUT2D eigenvalue weighted by molar-refractivity contribution is 5.81. The lowest BCUT2D eigenvalue weighted by atomic mass is 9.92. The second-order valence-corrected chi connectivity index (χ2v) is 7.33. The number of aryl methyl sites for hydroxylation is 1. The van der Waals surface area contributed by atoms with Gasteiger partial charge in [0.15, 0.2) is 0 Å². The van der Waals surface area contributed by atoms with Gasteiger partial charge in [-0.1, -0.05) is 23.4 Å². The minimum atomic E-state index is -2.68. The summed E-state index contributed by atoms with van der Waals surface area (Å²) in [5.74, 6) is -0.796. The van der Waals surface area contributed by atoms with Crippen LogP contribution < -0.4 is 0 Å². The van der Waals surface area contributed by atoms with E-state index in [0.717, 1.165) is 6.42 Å². The van der Waals surface area contributed by atoms with Gasteiger partial charge in [-0.2, -0.15) is 0 Å². The summed E-state index contributed by atoms with van der Waals surface area (Å²) < 4.78 is 46.2. The summed E-state index contributed by atoms with van der Waals surface area (Å²) in [5, 5.41) is 4.00. The van der Waals surface area contributed by atoms with E-state index in [0.29, 0.717) is 36.5 Å². The number of piperidine rings is 1. The van der Waals surface area contributed by atoms with E-state index in [-0.39, 0.29) is 34.9 Å². The number of fused-ring (bicyclic) bond motifs is 1. The molecule has 0 spiro atoms. The summed E-state index contributed by atoms with van der Waals surface area (Å²) in [6, 6.07) is 7.58. The second-order valence-electron chi connectivity index (χ2n) is 7.33. The van der Waals surface area contributed by atoms with Crippen LogP contribution in [0.5, 0.6) is 0 Å². The number of aromatic nitrogens is 2. The SMILES string of the molecule is Cc1noc2nc([C@H]3CCCN(C(=O)Cc4ccccc4F)C3)cc(C(F)F)c12. The van der Waals surface area contributed by atoms with Crippen LogP contribution in [0.2, 0.25) is 0 Å². The van der Waals surface area contributed by atoms with Crippen molar-refractivity contribution < 1.29 is 22.5 Å². The van der Waals surface area contributed by atoms with Crippen LogP contribution in [-0.2, 0) is 11.2 Å². The number of likely N-dealkylation sites (tertiary alicyclic amines) is 1. The molecule has 1 amide bonds. The lowest BCUT2D eigenvalue weighted by Crippen LogP contribution is -2.40. The van der Waals surface area contributed by atoms with Crippen LogP contribution in [0.1, 0.15) is 47.7 Å². The third-order valence-corrected chi connectivity index (χ3v) is 5.39. The normalized spacial score (nSPS) is 17.3. The van der Waals surface area contributed by atoms with Gasteiger partial charge in [0.1, 0.15) is 5.82 Å². The number of benzene rings is 1. The quantitative estimate of drug-likeness (QED) is 0.641. The molecule has 8 heteroatoms. The number of halogens is 3. The first-order chi connectivity index (χ1) is 13.9. The van der Waals surface area contributed by atoms with Crippen LogP contribution in [0.3, 0.4) is 0 Å². The molecule has 0 bridgehead atoms. The first-order valence-corrected chi connectivity index (χ1v) is 9.50. The number of alkyl halides is 2. The van der Waals surface area contributed by atoms with Crippen molar-refractivity contribution in [2.75, 3.05) is 13.1 Å². The van der Waals surface area contributed by atoms with E-state index >= 15 is 0 Å². The van der Waals surface area contributed by atoms with Gasteiger partial charge in [0.05, 0.1) is 17.5 Å². The van der Waals surface area contributed by atoms with Gasteiger partial charge >= 0.3 is 0 Å². The largest absolute Gasteiger partial charge is 0.342 e. The fourth-order valence-corrected chi connectivity index (χ4v) is 3.89. The third kappa shape index (κ3) is 3.83. The van der Waals surface area contributed by atoms with Gasteiger partial charge < -0.3 is 9.42 Å². The molecule has 0 radical (unpaired) electrons. The van der Waals surface area contributed by atoms with Crippen LogP contribution in [0, 0.1) is 12.7 Å². The first-order valence-electron chi connectivity index (χ1n) is 9.50. The number of hydrogen-bond donors (Lipinski definition) is 0. The number of carbonyl (C=O) groups excluding carboxylic acids is 1. The van der Waals surface area contributed by atoms with E-state index < -0.39 is 12.2 Å². The Hall–Kier alpha value is -2.90. The predicted octanol–water partition coefficient (Wildman–Crippen LogP) is 4.56. The summed E-state index contributed by atoms with van der Waals surface area (Å²) in [6.45, 7) is 2.50. The fraction of sp³-hybridized carbons (Fsp3) is 0.381. The van der Waals surface area contributed by atoms with Crippen LogP contribution in [0.4, 0.5) is 13.2 Å². The van der Waals surface area contributed by atoms with Crippen molar-refractivity contribution in [3.05, 3.63) is 58.7 Å². The minimum absolute atomic E-state index is 0.0323. The molecule has 0 saturated carbocycles. The molecule has 1 aliphatic rings. The summed E-state index contributed by atoms with van der Waals surface area (Å²) in [4.78, 5) is 18.7. The molecule has 4 rings (SSSR count). The fourth-order valence-electron chi connectivity index (χ4n) is 3.89. The molecule has 5 nitrogen and oxygen atoms in total. The summed E-state index contributed by atoms with van der Waals surface area (Å²) in [5.41, 5.74) is 1.12. The van der Waals surface area contributed by atoms with E-state index in [1.807, 2.05) is 0 Å². The number of pyridine rings is 1. The Morgan fingerprint density at radius 2 is 2.14 bits per heavy atom. The molecule has 2 aromatic heterocycles. The maximum absolute atomic E-state index is 13.9.